The van der Waals surface area contributed by atoms with Gasteiger partial charge in [-0.3, -0.25) is 9.89 Å². The van der Waals surface area contributed by atoms with E-state index in [1.807, 2.05) is 20.0 Å². The highest BCUT2D eigenvalue weighted by Crippen LogP contribution is 2.29. The lowest BCUT2D eigenvalue weighted by Crippen LogP contribution is -2.09. The van der Waals surface area contributed by atoms with Gasteiger partial charge in [0.05, 0.1) is 22.8 Å². The van der Waals surface area contributed by atoms with E-state index < -0.39 is 5.91 Å². The summed E-state index contributed by atoms with van der Waals surface area (Å²) < 4.78 is 1.65. The average molecular weight is 263 g/mol. The van der Waals surface area contributed by atoms with Crippen LogP contribution in [-0.4, -0.2) is 25.7 Å². The molecule has 3 aromatic rings. The lowest BCUT2D eigenvalue weighted by atomic mass is 10.3. The predicted molar refractivity (Wildman–Crippen MR) is 70.5 cm³/mol. The fourth-order valence-electron chi connectivity index (χ4n) is 1.47. The summed E-state index contributed by atoms with van der Waals surface area (Å²) in [5.41, 5.74) is 6.66. The van der Waals surface area contributed by atoms with E-state index in [4.69, 9.17) is 5.73 Å². The number of carbonyl (C=O) groups excluding carboxylic acids is 1. The molecule has 3 aromatic heterocycles. The van der Waals surface area contributed by atoms with Crippen molar-refractivity contribution in [1.29, 1.82) is 0 Å². The zero-order valence-corrected chi connectivity index (χ0v) is 10.9. The van der Waals surface area contributed by atoms with E-state index >= 15 is 0 Å². The van der Waals surface area contributed by atoms with Crippen molar-refractivity contribution in [2.45, 2.75) is 13.8 Å². The number of H-pyrrole nitrogens is 1. The highest BCUT2D eigenvalue weighted by atomic mass is 32.1. The fraction of sp³-hybridized carbons (Fsp3) is 0.182. The zero-order chi connectivity index (χ0) is 13.1. The van der Waals surface area contributed by atoms with Crippen LogP contribution in [0.3, 0.4) is 0 Å². The second kappa shape index (κ2) is 5.01. The van der Waals surface area contributed by atoms with E-state index in [1.54, 1.807) is 16.9 Å². The summed E-state index contributed by atoms with van der Waals surface area (Å²) in [6.07, 6.45) is 6.83. The standard InChI is InChI=1S/C9H7N5OS.C2H6/c10-8(15)6-3-13-14-4-7(16-9(6)14)5-1-11-12-2-5;1-2/h1-4H,(H2,10,15)(H,11,12);1-2H3. The minimum Gasteiger partial charge on any atom is -0.365 e. The Labute approximate surface area is 107 Å². The molecule has 0 bridgehead atoms. The third kappa shape index (κ3) is 2.00. The Balaban J connectivity index is 0.000000574. The molecule has 0 spiro atoms. The van der Waals surface area contributed by atoms with Crippen molar-refractivity contribution in [2.24, 2.45) is 5.73 Å². The largest absolute Gasteiger partial charge is 0.365 e. The quantitative estimate of drug-likeness (QED) is 0.740. The first-order chi connectivity index (χ1) is 8.75. The molecule has 0 atom stereocenters. The third-order valence-corrected chi connectivity index (χ3v) is 3.41. The van der Waals surface area contributed by atoms with E-state index in [0.29, 0.717) is 5.56 Å². The number of primary amides is 1. The molecule has 0 saturated heterocycles. The Morgan fingerprint density at radius 2 is 2.22 bits per heavy atom. The van der Waals surface area contributed by atoms with E-state index in [-0.39, 0.29) is 0 Å². The second-order valence-corrected chi connectivity index (χ2v) is 4.29. The van der Waals surface area contributed by atoms with Gasteiger partial charge < -0.3 is 5.73 Å². The summed E-state index contributed by atoms with van der Waals surface area (Å²) in [6, 6.07) is 0. The molecule has 0 radical (unpaired) electrons. The van der Waals surface area contributed by atoms with Gasteiger partial charge in [0.1, 0.15) is 4.83 Å². The van der Waals surface area contributed by atoms with Crippen LogP contribution in [0.15, 0.2) is 24.8 Å². The van der Waals surface area contributed by atoms with Gasteiger partial charge >= 0.3 is 0 Å². The number of hydrogen-bond donors (Lipinski definition) is 2. The SMILES string of the molecule is CC.NC(=O)c1cnn2cc(-c3cn[nH]c3)sc12. The van der Waals surface area contributed by atoms with Crippen molar-refractivity contribution in [3.63, 3.8) is 0 Å². The Morgan fingerprint density at radius 3 is 2.83 bits per heavy atom. The van der Waals surface area contributed by atoms with Crippen molar-refractivity contribution in [1.82, 2.24) is 19.8 Å². The van der Waals surface area contributed by atoms with Crippen molar-refractivity contribution in [2.75, 3.05) is 0 Å². The lowest BCUT2D eigenvalue weighted by Gasteiger charge is -1.86. The summed E-state index contributed by atoms with van der Waals surface area (Å²) in [6.45, 7) is 4.00. The van der Waals surface area contributed by atoms with Gasteiger partial charge in [-0.05, 0) is 0 Å². The Morgan fingerprint density at radius 1 is 1.44 bits per heavy atom. The third-order valence-electron chi connectivity index (χ3n) is 2.24. The molecule has 1 amide bonds. The highest BCUT2D eigenvalue weighted by molar-refractivity contribution is 7.21. The first-order valence-electron chi connectivity index (χ1n) is 5.52. The van der Waals surface area contributed by atoms with Gasteiger partial charge in [0.25, 0.3) is 5.91 Å². The van der Waals surface area contributed by atoms with Crippen LogP contribution in [-0.2, 0) is 0 Å². The normalized spacial score (nSPS) is 10.1. The molecule has 0 fully saturated rings. The Kier molecular flexibility index (Phi) is 3.42. The average Bonchev–Trinajstić information content (AvgIpc) is 3.06. The lowest BCUT2D eigenvalue weighted by molar-refractivity contribution is 0.100. The van der Waals surface area contributed by atoms with Crippen LogP contribution in [0.1, 0.15) is 24.2 Å². The monoisotopic (exact) mass is 263 g/mol. The van der Waals surface area contributed by atoms with Gasteiger partial charge in [-0.1, -0.05) is 13.8 Å². The molecule has 0 aromatic carbocycles. The fourth-order valence-corrected chi connectivity index (χ4v) is 2.52. The van der Waals surface area contributed by atoms with Crippen molar-refractivity contribution < 1.29 is 4.79 Å². The topological polar surface area (TPSA) is 89.1 Å². The molecular weight excluding hydrogens is 250 g/mol. The molecule has 94 valence electrons. The number of nitrogens with one attached hydrogen (secondary N) is 1. The predicted octanol–water partition coefficient (Wildman–Crippen LogP) is 1.91. The molecule has 6 nitrogen and oxygen atoms in total. The van der Waals surface area contributed by atoms with Crippen LogP contribution in [0, 0.1) is 0 Å². The maximum absolute atomic E-state index is 11.1. The molecule has 0 saturated carbocycles. The molecule has 3 heterocycles. The van der Waals surface area contributed by atoms with Gasteiger partial charge in [-0.15, -0.1) is 11.3 Å². The molecule has 0 aliphatic heterocycles. The van der Waals surface area contributed by atoms with E-state index in [9.17, 15) is 4.79 Å². The maximum Gasteiger partial charge on any atom is 0.253 e. The summed E-state index contributed by atoms with van der Waals surface area (Å²) in [5, 5.41) is 10.7. The van der Waals surface area contributed by atoms with Crippen LogP contribution in [0.4, 0.5) is 0 Å². The van der Waals surface area contributed by atoms with E-state index in [1.165, 1.54) is 17.5 Å². The molecule has 0 unspecified atom stereocenters. The van der Waals surface area contributed by atoms with Gasteiger partial charge in [0, 0.05) is 18.0 Å². The van der Waals surface area contributed by atoms with Gasteiger partial charge in [0.2, 0.25) is 0 Å². The Hall–Kier alpha value is -2.15. The van der Waals surface area contributed by atoms with Crippen LogP contribution in [0.2, 0.25) is 0 Å². The molecule has 3 rings (SSSR count). The molecule has 0 aliphatic carbocycles. The zero-order valence-electron chi connectivity index (χ0n) is 10.0. The number of rotatable bonds is 2. The summed E-state index contributed by atoms with van der Waals surface area (Å²) >= 11 is 1.46. The Bertz CT molecular complexity index is 652. The van der Waals surface area contributed by atoms with E-state index in [0.717, 1.165) is 15.3 Å². The van der Waals surface area contributed by atoms with Crippen molar-refractivity contribution >= 4 is 22.1 Å². The molecule has 0 aliphatic rings. The second-order valence-electron chi connectivity index (χ2n) is 3.25. The smallest absolute Gasteiger partial charge is 0.253 e. The number of nitrogens with zero attached hydrogens (tertiary/aromatic N) is 3. The van der Waals surface area contributed by atoms with Crippen LogP contribution < -0.4 is 5.73 Å². The number of carbonyl (C=O) groups is 1. The van der Waals surface area contributed by atoms with Crippen LogP contribution in [0.5, 0.6) is 0 Å². The summed E-state index contributed by atoms with van der Waals surface area (Å²) in [5.74, 6) is -0.462. The summed E-state index contributed by atoms with van der Waals surface area (Å²) in [4.78, 5) is 12.9. The molecular formula is C11H13N5OS. The van der Waals surface area contributed by atoms with Crippen molar-refractivity contribution in [3.8, 4) is 10.4 Å². The highest BCUT2D eigenvalue weighted by Gasteiger charge is 2.13. The van der Waals surface area contributed by atoms with Gasteiger partial charge in [-0.2, -0.15) is 10.2 Å². The van der Waals surface area contributed by atoms with Gasteiger partial charge in [-0.25, -0.2) is 4.52 Å². The maximum atomic E-state index is 11.1. The summed E-state index contributed by atoms with van der Waals surface area (Å²) in [7, 11) is 0. The van der Waals surface area contributed by atoms with E-state index in [2.05, 4.69) is 15.3 Å². The molecule has 7 heteroatoms. The first-order valence-corrected chi connectivity index (χ1v) is 6.33. The first kappa shape index (κ1) is 12.3. The number of aromatic amines is 1. The number of hydrogen-bond acceptors (Lipinski definition) is 4. The van der Waals surface area contributed by atoms with Crippen molar-refractivity contribution in [3.05, 3.63) is 30.4 Å². The number of amides is 1. The number of fused-ring (bicyclic) bond motifs is 1. The van der Waals surface area contributed by atoms with Crippen LogP contribution in [0.25, 0.3) is 15.3 Å². The number of thiazole rings is 1. The van der Waals surface area contributed by atoms with Gasteiger partial charge in [0.15, 0.2) is 0 Å². The number of aromatic nitrogens is 4. The minimum absolute atomic E-state index is 0.444. The van der Waals surface area contributed by atoms with Crippen LogP contribution >= 0.6 is 11.3 Å². The minimum atomic E-state index is -0.462. The molecule has 3 N–H and O–H groups in total. The number of nitrogens with two attached hydrogens (primary N) is 1. The molecule has 18 heavy (non-hydrogen) atoms.